The van der Waals surface area contributed by atoms with E-state index >= 15 is 0 Å². The number of hydrogen-bond donors (Lipinski definition) is 2. The monoisotopic (exact) mass is 578 g/mol. The van der Waals surface area contributed by atoms with Crippen molar-refractivity contribution in [2.45, 2.75) is 46.4 Å². The number of para-hydroxylation sites is 1. The molecule has 10 nitrogen and oxygen atoms in total. The number of fused-ring (bicyclic) bond motifs is 1. The van der Waals surface area contributed by atoms with Crippen LogP contribution in [0.3, 0.4) is 0 Å². The van der Waals surface area contributed by atoms with Crippen molar-refractivity contribution in [3.05, 3.63) is 129 Å². The van der Waals surface area contributed by atoms with Crippen molar-refractivity contribution in [3.63, 3.8) is 0 Å². The molecule has 10 heteroatoms. The quantitative estimate of drug-likeness (QED) is 0.258. The van der Waals surface area contributed by atoms with Crippen LogP contribution in [0.2, 0.25) is 0 Å². The zero-order chi connectivity index (χ0) is 30.5. The van der Waals surface area contributed by atoms with Crippen molar-refractivity contribution in [2.75, 3.05) is 5.32 Å². The molecule has 5 rings (SSSR count). The third-order valence-corrected chi connectivity index (χ3v) is 7.12. The molecule has 0 bridgehead atoms. The Morgan fingerprint density at radius 2 is 1.49 bits per heavy atom. The van der Waals surface area contributed by atoms with Crippen molar-refractivity contribution in [1.82, 2.24) is 24.0 Å². The van der Waals surface area contributed by atoms with Gasteiger partial charge in [-0.3, -0.25) is 19.0 Å². The summed E-state index contributed by atoms with van der Waals surface area (Å²) in [5.74, 6) is -0.764. The minimum Gasteiger partial charge on any atom is -0.345 e. The van der Waals surface area contributed by atoms with Gasteiger partial charge >= 0.3 is 5.69 Å². The molecule has 1 atom stereocenters. The van der Waals surface area contributed by atoms with Gasteiger partial charge < -0.3 is 15.2 Å². The second-order valence-corrected chi connectivity index (χ2v) is 10.9. The van der Waals surface area contributed by atoms with Gasteiger partial charge in [0.2, 0.25) is 5.91 Å². The lowest BCUT2D eigenvalue weighted by molar-refractivity contribution is -0.116. The van der Waals surface area contributed by atoms with E-state index in [1.54, 1.807) is 35.2 Å². The van der Waals surface area contributed by atoms with Crippen molar-refractivity contribution in [2.24, 2.45) is 5.92 Å². The summed E-state index contributed by atoms with van der Waals surface area (Å²) in [4.78, 5) is 58.3. The average Bonchev–Trinajstić information content (AvgIpc) is 3.41. The topological polar surface area (TPSA) is 120 Å². The predicted octanol–water partition coefficient (Wildman–Crippen LogP) is 4.19. The van der Waals surface area contributed by atoms with Crippen molar-refractivity contribution >= 4 is 28.7 Å². The first-order valence-electron chi connectivity index (χ1n) is 14.2. The van der Waals surface area contributed by atoms with Crippen LogP contribution >= 0.6 is 0 Å². The summed E-state index contributed by atoms with van der Waals surface area (Å²) < 4.78 is 4.08. The SMILES string of the molecule is CC(C)Cn1cnc2c1c(=O)n(CC(=O)Nc1ccccc1C(=O)N[C@@H](C)c1ccccc1)c(=O)n2Cc1ccccc1. The van der Waals surface area contributed by atoms with Gasteiger partial charge in [0.1, 0.15) is 6.54 Å². The molecular weight excluding hydrogens is 544 g/mol. The number of carbonyl (C=O) groups excluding carboxylic acids is 2. The summed E-state index contributed by atoms with van der Waals surface area (Å²) in [5, 5.41) is 5.69. The molecule has 43 heavy (non-hydrogen) atoms. The molecule has 0 aliphatic carbocycles. The number of amides is 2. The lowest BCUT2D eigenvalue weighted by Crippen LogP contribution is -2.43. The summed E-state index contributed by atoms with van der Waals surface area (Å²) in [6.45, 7) is 6.08. The third-order valence-electron chi connectivity index (χ3n) is 7.12. The first-order valence-corrected chi connectivity index (χ1v) is 14.2. The highest BCUT2D eigenvalue weighted by Crippen LogP contribution is 2.18. The minimum atomic E-state index is -0.644. The third kappa shape index (κ3) is 6.48. The van der Waals surface area contributed by atoms with E-state index in [4.69, 9.17) is 0 Å². The van der Waals surface area contributed by atoms with E-state index in [2.05, 4.69) is 15.6 Å². The molecule has 2 heterocycles. The average molecular weight is 579 g/mol. The molecule has 0 saturated heterocycles. The molecule has 0 spiro atoms. The fourth-order valence-electron chi connectivity index (χ4n) is 5.04. The first kappa shape index (κ1) is 29.2. The van der Waals surface area contributed by atoms with E-state index in [1.165, 1.54) is 4.57 Å². The highest BCUT2D eigenvalue weighted by atomic mass is 16.2. The Bertz CT molecular complexity index is 1870. The van der Waals surface area contributed by atoms with Crippen LogP contribution < -0.4 is 21.9 Å². The van der Waals surface area contributed by atoms with Gasteiger partial charge in [0.25, 0.3) is 11.5 Å². The van der Waals surface area contributed by atoms with Crippen LogP contribution in [-0.2, 0) is 24.4 Å². The highest BCUT2D eigenvalue weighted by Gasteiger charge is 2.22. The number of imidazole rings is 1. The number of nitrogens with one attached hydrogen (secondary N) is 2. The Hall–Kier alpha value is -5.25. The van der Waals surface area contributed by atoms with Crippen LogP contribution in [0.15, 0.2) is 101 Å². The number of nitrogens with zero attached hydrogens (tertiary/aromatic N) is 4. The zero-order valence-electron chi connectivity index (χ0n) is 24.4. The molecule has 0 radical (unpaired) electrons. The van der Waals surface area contributed by atoms with Crippen LogP contribution in [0.25, 0.3) is 11.2 Å². The molecule has 5 aromatic rings. The molecule has 2 amide bonds. The number of hydrogen-bond acceptors (Lipinski definition) is 5. The number of carbonyl (C=O) groups is 2. The van der Waals surface area contributed by atoms with Gasteiger partial charge in [-0.1, -0.05) is 86.6 Å². The second kappa shape index (κ2) is 12.7. The molecule has 2 N–H and O–H groups in total. The van der Waals surface area contributed by atoms with E-state index in [1.807, 2.05) is 81.4 Å². The van der Waals surface area contributed by atoms with Crippen molar-refractivity contribution < 1.29 is 9.59 Å². The molecular formula is C33H34N6O4. The number of benzene rings is 3. The summed E-state index contributed by atoms with van der Waals surface area (Å²) in [6.07, 6.45) is 1.56. The van der Waals surface area contributed by atoms with Crippen LogP contribution in [0.5, 0.6) is 0 Å². The fourth-order valence-corrected chi connectivity index (χ4v) is 5.04. The number of rotatable bonds is 10. The standard InChI is InChI=1S/C33H34N6O4/c1-22(2)18-37-21-34-30-29(37)32(42)39(33(43)38(30)19-24-12-6-4-7-13-24)20-28(40)36-27-17-11-10-16-26(27)31(41)35-23(3)25-14-8-5-9-15-25/h4-17,21-23H,18-20H2,1-3H3,(H,35,41)(H,36,40)/t23-/m0/s1. The van der Waals surface area contributed by atoms with Gasteiger partial charge in [0.05, 0.1) is 30.2 Å². The fraction of sp³-hybridized carbons (Fsp3) is 0.242. The summed E-state index contributed by atoms with van der Waals surface area (Å²) >= 11 is 0. The Morgan fingerprint density at radius 1 is 0.837 bits per heavy atom. The summed E-state index contributed by atoms with van der Waals surface area (Å²) in [5.41, 5.74) is 1.61. The van der Waals surface area contributed by atoms with Crippen LogP contribution in [0.4, 0.5) is 5.69 Å². The maximum absolute atomic E-state index is 13.7. The Kier molecular flexibility index (Phi) is 8.66. The van der Waals surface area contributed by atoms with Gasteiger partial charge in [-0.05, 0) is 36.1 Å². The normalized spacial score (nSPS) is 11.9. The van der Waals surface area contributed by atoms with Crippen molar-refractivity contribution in [3.8, 4) is 0 Å². The lowest BCUT2D eigenvalue weighted by Gasteiger charge is -2.17. The van der Waals surface area contributed by atoms with E-state index in [0.717, 1.165) is 15.7 Å². The number of anilines is 1. The maximum atomic E-state index is 13.7. The van der Waals surface area contributed by atoms with E-state index in [0.29, 0.717) is 6.54 Å². The van der Waals surface area contributed by atoms with E-state index < -0.39 is 23.7 Å². The Morgan fingerprint density at radius 3 is 2.19 bits per heavy atom. The Labute approximate surface area is 248 Å². The smallest absolute Gasteiger partial charge is 0.333 e. The maximum Gasteiger partial charge on any atom is 0.333 e. The van der Waals surface area contributed by atoms with E-state index in [9.17, 15) is 19.2 Å². The molecule has 0 aliphatic heterocycles. The molecule has 0 fully saturated rings. The van der Waals surface area contributed by atoms with E-state index in [-0.39, 0.29) is 46.8 Å². The van der Waals surface area contributed by atoms with Gasteiger partial charge in [-0.25, -0.2) is 14.3 Å². The van der Waals surface area contributed by atoms with Crippen LogP contribution in [-0.4, -0.2) is 30.5 Å². The van der Waals surface area contributed by atoms with Crippen LogP contribution in [0, 0.1) is 5.92 Å². The molecule has 0 aliphatic rings. The summed E-state index contributed by atoms with van der Waals surface area (Å²) in [7, 11) is 0. The molecule has 2 aromatic heterocycles. The predicted molar refractivity (Wildman–Crippen MR) is 166 cm³/mol. The zero-order valence-corrected chi connectivity index (χ0v) is 24.4. The van der Waals surface area contributed by atoms with Crippen LogP contribution in [0.1, 0.15) is 48.3 Å². The molecule has 0 unspecified atom stereocenters. The minimum absolute atomic E-state index is 0.180. The Balaban J connectivity index is 1.45. The van der Waals surface area contributed by atoms with Gasteiger partial charge in [-0.15, -0.1) is 0 Å². The van der Waals surface area contributed by atoms with Crippen molar-refractivity contribution in [1.29, 1.82) is 0 Å². The van der Waals surface area contributed by atoms with Gasteiger partial charge in [-0.2, -0.15) is 0 Å². The molecule has 3 aromatic carbocycles. The van der Waals surface area contributed by atoms with Gasteiger partial charge in [0, 0.05) is 6.54 Å². The molecule has 0 saturated carbocycles. The number of aromatic nitrogens is 4. The summed E-state index contributed by atoms with van der Waals surface area (Å²) in [6, 6.07) is 25.3. The lowest BCUT2D eigenvalue weighted by atomic mass is 10.1. The first-order chi connectivity index (χ1) is 20.7. The molecule has 220 valence electrons. The highest BCUT2D eigenvalue weighted by molar-refractivity contribution is 6.03. The van der Waals surface area contributed by atoms with Gasteiger partial charge in [0.15, 0.2) is 11.2 Å². The second-order valence-electron chi connectivity index (χ2n) is 10.9. The largest absolute Gasteiger partial charge is 0.345 e.